The predicted octanol–water partition coefficient (Wildman–Crippen LogP) is 1.00. The molecule has 9 heteroatoms. The van der Waals surface area contributed by atoms with Crippen LogP contribution in [0, 0.1) is 0 Å². The Balaban J connectivity index is 1.65. The molecule has 1 aliphatic heterocycles. The number of ether oxygens (including phenoxy) is 1. The number of hydrogen-bond donors (Lipinski definition) is 2. The maximum absolute atomic E-state index is 12.1. The van der Waals surface area contributed by atoms with Gasteiger partial charge in [0.05, 0.1) is 18.6 Å². The van der Waals surface area contributed by atoms with Gasteiger partial charge in [-0.2, -0.15) is 0 Å². The highest BCUT2D eigenvalue weighted by atomic mass is 32.1. The summed E-state index contributed by atoms with van der Waals surface area (Å²) in [5.74, 6) is -0.976. The minimum Gasteiger partial charge on any atom is -0.534 e. The molecule has 2 N–H and O–H groups in total. The molecule has 2 heterocycles. The number of aromatic nitrogens is 1. The summed E-state index contributed by atoms with van der Waals surface area (Å²) >= 11 is 1.50. The van der Waals surface area contributed by atoms with Crippen molar-refractivity contribution in [2.75, 3.05) is 7.11 Å². The van der Waals surface area contributed by atoms with Crippen LogP contribution in [0.15, 0.2) is 29.9 Å². The number of nitrogens with one attached hydrogen (secondary N) is 1. The van der Waals surface area contributed by atoms with Crippen LogP contribution in [0.1, 0.15) is 27.2 Å². The molecule has 0 radical (unpaired) electrons. The van der Waals surface area contributed by atoms with Gasteiger partial charge in [0.25, 0.3) is 0 Å². The number of methoxy groups -OCH3 is 1. The smallest absolute Gasteiger partial charge is 0.534 e. The third-order valence-electron chi connectivity index (χ3n) is 3.95. The number of fused-ring (bicyclic) bond motifs is 1. The Bertz CT molecular complexity index is 768. The molecule has 1 amide bonds. The Labute approximate surface area is 149 Å². The van der Waals surface area contributed by atoms with Gasteiger partial charge in [-0.05, 0) is 24.5 Å². The fraction of sp³-hybridized carbons (Fsp3) is 0.312. The Morgan fingerprint density at radius 2 is 2.36 bits per heavy atom. The molecule has 1 aliphatic rings. The van der Waals surface area contributed by atoms with E-state index >= 15 is 0 Å². The van der Waals surface area contributed by atoms with Crippen LogP contribution in [0.25, 0.3) is 0 Å². The average molecular weight is 360 g/mol. The highest BCUT2D eigenvalue weighted by Gasteiger charge is 2.37. The third kappa shape index (κ3) is 4.00. The molecule has 1 aromatic heterocycles. The molecule has 0 fully saturated rings. The van der Waals surface area contributed by atoms with Crippen LogP contribution in [0.2, 0.25) is 0 Å². The number of thiazole rings is 1. The summed E-state index contributed by atoms with van der Waals surface area (Å²) in [6.07, 6.45) is 3.01. The molecule has 0 aliphatic carbocycles. The molecule has 130 valence electrons. The first-order chi connectivity index (χ1) is 12.1. The van der Waals surface area contributed by atoms with Gasteiger partial charge in [-0.15, -0.1) is 11.3 Å². The summed E-state index contributed by atoms with van der Waals surface area (Å²) in [5.41, 5.74) is 2.72. The van der Waals surface area contributed by atoms with Crippen LogP contribution in [0.4, 0.5) is 0 Å². The molecule has 0 saturated carbocycles. The van der Waals surface area contributed by atoms with Gasteiger partial charge < -0.3 is 19.7 Å². The summed E-state index contributed by atoms with van der Waals surface area (Å²) in [4.78, 5) is 28.9. The van der Waals surface area contributed by atoms with Gasteiger partial charge in [-0.1, -0.05) is 12.1 Å². The monoisotopic (exact) mass is 360 g/mol. The average Bonchev–Trinajstić information content (AvgIpc) is 3.13. The molecule has 0 unspecified atom stereocenters. The van der Waals surface area contributed by atoms with E-state index in [9.17, 15) is 14.6 Å². The number of nitrogens with zero attached hydrogens (tertiary/aromatic N) is 1. The molecular weight excluding hydrogens is 343 g/mol. The number of hydrogen-bond acceptors (Lipinski definition) is 7. The highest BCUT2D eigenvalue weighted by Crippen LogP contribution is 2.30. The lowest BCUT2D eigenvalue weighted by molar-refractivity contribution is -0.121. The zero-order chi connectivity index (χ0) is 17.8. The maximum Gasteiger partial charge on any atom is 0.547 e. The molecular formula is C16H17BN2O5S. The van der Waals surface area contributed by atoms with Gasteiger partial charge in [0.1, 0.15) is 11.3 Å². The molecule has 3 rings (SSSR count). The number of carbonyl (C=O) groups excluding carboxylic acids is 2. The van der Waals surface area contributed by atoms with E-state index in [1.54, 1.807) is 29.9 Å². The van der Waals surface area contributed by atoms with E-state index < -0.39 is 19.0 Å². The standard InChI is InChI=1S/C16H17BN2O5S/c1-23-16(21)12-4-2-3-10-7-13(17(22)24-15(10)12)19-14(20)6-5-11-8-18-9-25-11/h2-4,8-9,13,22H,5-7H2,1H3,(H,19,20)/t13-/m0/s1. The maximum atomic E-state index is 12.1. The minimum atomic E-state index is -1.23. The molecule has 0 bridgehead atoms. The topological polar surface area (TPSA) is 97.8 Å². The first-order valence-electron chi connectivity index (χ1n) is 7.80. The lowest BCUT2D eigenvalue weighted by atomic mass is 9.72. The largest absolute Gasteiger partial charge is 0.547 e. The van der Waals surface area contributed by atoms with Crippen molar-refractivity contribution < 1.29 is 24.0 Å². The van der Waals surface area contributed by atoms with Crippen LogP contribution >= 0.6 is 11.3 Å². The molecule has 1 atom stereocenters. The number of aryl methyl sites for hydroxylation is 1. The lowest BCUT2D eigenvalue weighted by Crippen LogP contribution is -2.53. The van der Waals surface area contributed by atoms with Crippen LogP contribution in [0.5, 0.6) is 5.75 Å². The fourth-order valence-corrected chi connectivity index (χ4v) is 3.30. The fourth-order valence-electron chi connectivity index (χ4n) is 2.70. The van der Waals surface area contributed by atoms with Crippen molar-refractivity contribution in [1.29, 1.82) is 0 Å². The predicted molar refractivity (Wildman–Crippen MR) is 92.5 cm³/mol. The van der Waals surface area contributed by atoms with Crippen LogP contribution in [-0.2, 0) is 22.4 Å². The van der Waals surface area contributed by atoms with Gasteiger partial charge in [-0.3, -0.25) is 9.78 Å². The number of rotatable bonds is 5. The second-order valence-corrected chi connectivity index (χ2v) is 6.61. The Hall–Kier alpha value is -2.39. The zero-order valence-corrected chi connectivity index (χ0v) is 14.4. The van der Waals surface area contributed by atoms with Crippen molar-refractivity contribution in [3.8, 4) is 5.75 Å². The third-order valence-corrected chi connectivity index (χ3v) is 4.79. The summed E-state index contributed by atoms with van der Waals surface area (Å²) in [6, 6.07) is 5.09. The van der Waals surface area contributed by atoms with Gasteiger partial charge in [0.15, 0.2) is 0 Å². The summed E-state index contributed by atoms with van der Waals surface area (Å²) < 4.78 is 10.2. The van der Waals surface area contributed by atoms with Crippen molar-refractivity contribution in [2.24, 2.45) is 0 Å². The van der Waals surface area contributed by atoms with E-state index in [1.807, 2.05) is 0 Å². The van der Waals surface area contributed by atoms with Gasteiger partial charge >= 0.3 is 13.1 Å². The molecule has 0 saturated heterocycles. The van der Waals surface area contributed by atoms with Crippen LogP contribution in [0.3, 0.4) is 0 Å². The van der Waals surface area contributed by atoms with Gasteiger partial charge in [0, 0.05) is 17.5 Å². The second-order valence-electron chi connectivity index (χ2n) is 5.64. The lowest BCUT2D eigenvalue weighted by Gasteiger charge is -2.29. The van der Waals surface area contributed by atoms with Gasteiger partial charge in [-0.25, -0.2) is 4.79 Å². The molecule has 7 nitrogen and oxygen atoms in total. The van der Waals surface area contributed by atoms with E-state index in [2.05, 4.69) is 10.3 Å². The number of para-hydroxylation sites is 1. The van der Waals surface area contributed by atoms with Crippen molar-refractivity contribution in [3.63, 3.8) is 0 Å². The zero-order valence-electron chi connectivity index (χ0n) is 13.6. The van der Waals surface area contributed by atoms with Crippen LogP contribution < -0.4 is 9.97 Å². The molecule has 25 heavy (non-hydrogen) atoms. The van der Waals surface area contributed by atoms with E-state index in [-0.39, 0.29) is 11.5 Å². The van der Waals surface area contributed by atoms with E-state index in [1.165, 1.54) is 18.4 Å². The van der Waals surface area contributed by atoms with Crippen molar-refractivity contribution in [2.45, 2.75) is 25.2 Å². The number of amides is 1. The summed E-state index contributed by atoms with van der Waals surface area (Å²) in [7, 11) is 0.0540. The van der Waals surface area contributed by atoms with E-state index in [0.717, 1.165) is 10.4 Å². The van der Waals surface area contributed by atoms with Crippen LogP contribution in [-0.4, -0.2) is 42.1 Å². The summed E-state index contributed by atoms with van der Waals surface area (Å²) in [6.45, 7) is 0. The van der Waals surface area contributed by atoms with Crippen molar-refractivity contribution >= 4 is 30.3 Å². The molecule has 1 aromatic carbocycles. The number of benzene rings is 1. The Kier molecular flexibility index (Phi) is 5.35. The molecule has 0 spiro atoms. The minimum absolute atomic E-state index is 0.173. The first-order valence-corrected chi connectivity index (χ1v) is 8.68. The van der Waals surface area contributed by atoms with E-state index in [4.69, 9.17) is 9.39 Å². The first kappa shape index (κ1) is 17.4. The second kappa shape index (κ2) is 7.67. The number of esters is 1. The highest BCUT2D eigenvalue weighted by molar-refractivity contribution is 7.09. The van der Waals surface area contributed by atoms with Gasteiger partial charge in [0.2, 0.25) is 5.91 Å². The summed E-state index contributed by atoms with van der Waals surface area (Å²) in [5, 5.41) is 13.0. The SMILES string of the molecule is COC(=O)c1cccc2c1OB(O)[C@@H](NC(=O)CCc1cncs1)C2. The Morgan fingerprint density at radius 3 is 3.08 bits per heavy atom. The van der Waals surface area contributed by atoms with Crippen molar-refractivity contribution in [1.82, 2.24) is 10.3 Å². The quantitative estimate of drug-likeness (QED) is 0.610. The molecule has 2 aromatic rings. The van der Waals surface area contributed by atoms with E-state index in [0.29, 0.717) is 25.0 Å². The Morgan fingerprint density at radius 1 is 1.52 bits per heavy atom. The normalized spacial score (nSPS) is 15.9. The number of carbonyl (C=O) groups is 2. The van der Waals surface area contributed by atoms with Crippen molar-refractivity contribution in [3.05, 3.63) is 45.9 Å².